The Labute approximate surface area is 234 Å². The normalized spacial score (nSPS) is 21.3. The fourth-order valence-electron chi connectivity index (χ4n) is 6.06. The lowest BCUT2D eigenvalue weighted by atomic mass is 9.95. The highest BCUT2D eigenvalue weighted by Crippen LogP contribution is 2.35. The van der Waals surface area contributed by atoms with Gasteiger partial charge in [-0.3, -0.25) is 0 Å². The summed E-state index contributed by atoms with van der Waals surface area (Å²) in [6, 6.07) is 15.1. The van der Waals surface area contributed by atoms with Crippen LogP contribution in [0.4, 0.5) is 17.2 Å². The Balaban J connectivity index is 1.23. The molecule has 0 spiro atoms. The van der Waals surface area contributed by atoms with Crippen molar-refractivity contribution in [2.45, 2.75) is 69.9 Å². The summed E-state index contributed by atoms with van der Waals surface area (Å²) < 4.78 is 16.0. The van der Waals surface area contributed by atoms with Crippen LogP contribution in [-0.2, 0) is 24.0 Å². The van der Waals surface area contributed by atoms with Gasteiger partial charge in [-0.2, -0.15) is 0 Å². The molecule has 1 aliphatic carbocycles. The largest absolute Gasteiger partial charge is 0.397 e. The highest BCUT2D eigenvalue weighted by Gasteiger charge is 2.34. The van der Waals surface area contributed by atoms with E-state index in [1.807, 2.05) is 23.3 Å². The number of aryl methyl sites for hydroxylation is 1. The Morgan fingerprint density at radius 1 is 1.08 bits per heavy atom. The molecule has 2 aliphatic heterocycles. The third kappa shape index (κ3) is 5.42. The lowest BCUT2D eigenvalue weighted by Crippen LogP contribution is -2.45. The molecular formula is C31H40N6OS. The van der Waals surface area contributed by atoms with Crippen LogP contribution in [0.1, 0.15) is 59.9 Å². The molecule has 39 heavy (non-hydrogen) atoms. The molecule has 1 saturated heterocycles. The molecule has 1 aromatic heterocycles. The average molecular weight is 545 g/mol. The van der Waals surface area contributed by atoms with E-state index < -0.39 is 11.0 Å². The van der Waals surface area contributed by atoms with Crippen molar-refractivity contribution in [3.63, 3.8) is 0 Å². The van der Waals surface area contributed by atoms with Crippen molar-refractivity contribution in [1.29, 1.82) is 0 Å². The van der Waals surface area contributed by atoms with Crippen molar-refractivity contribution < 1.29 is 4.21 Å². The summed E-state index contributed by atoms with van der Waals surface area (Å²) in [4.78, 5) is 7.89. The predicted molar refractivity (Wildman–Crippen MR) is 160 cm³/mol. The number of nitrogens with two attached hydrogens (primary N) is 2. The number of aromatic nitrogens is 1. The topological polar surface area (TPSA) is 91.7 Å². The van der Waals surface area contributed by atoms with Gasteiger partial charge in [-0.25, -0.2) is 19.3 Å². The second kappa shape index (κ2) is 10.9. The van der Waals surface area contributed by atoms with Gasteiger partial charge in [-0.1, -0.05) is 24.3 Å². The summed E-state index contributed by atoms with van der Waals surface area (Å²) in [5.74, 6) is 7.94. The van der Waals surface area contributed by atoms with E-state index >= 15 is 0 Å². The van der Waals surface area contributed by atoms with Crippen molar-refractivity contribution in [3.8, 4) is 0 Å². The zero-order chi connectivity index (χ0) is 27.1. The molecule has 0 bridgehead atoms. The van der Waals surface area contributed by atoms with Crippen LogP contribution in [0.3, 0.4) is 0 Å². The number of nitrogens with zero attached hydrogens (tertiary/aromatic N) is 4. The van der Waals surface area contributed by atoms with Crippen LogP contribution in [-0.4, -0.2) is 39.2 Å². The smallest absolute Gasteiger partial charge is 0.146 e. The molecule has 7 nitrogen and oxygen atoms in total. The minimum Gasteiger partial charge on any atom is -0.397 e. The predicted octanol–water partition coefficient (Wildman–Crippen LogP) is 4.86. The molecule has 0 amide bonds. The van der Waals surface area contributed by atoms with E-state index in [-0.39, 0.29) is 0 Å². The number of hydrazine groups is 1. The molecule has 3 heterocycles. The summed E-state index contributed by atoms with van der Waals surface area (Å²) in [6.45, 7) is 7.51. The number of hydrogen-bond donors (Lipinski definition) is 2. The maximum absolute atomic E-state index is 13.9. The van der Waals surface area contributed by atoms with Crippen LogP contribution in [0.5, 0.6) is 0 Å². The van der Waals surface area contributed by atoms with E-state index in [1.165, 1.54) is 41.5 Å². The molecule has 8 heteroatoms. The van der Waals surface area contributed by atoms with Gasteiger partial charge in [-0.05, 0) is 104 Å². The van der Waals surface area contributed by atoms with Crippen LogP contribution in [0, 0.1) is 19.8 Å². The third-order valence-corrected chi connectivity index (χ3v) is 10.1. The Kier molecular flexibility index (Phi) is 7.35. The SMILES string of the molecule is Cc1ccc(Cc2ccc(N(N)CC3CC3)c(N)c2C)cc1CN1CC2CCCCN2c2ncccc2S1=O. The number of hydrogen-bond acceptors (Lipinski definition) is 6. The molecule has 6 rings (SSSR count). The first-order chi connectivity index (χ1) is 18.9. The highest BCUT2D eigenvalue weighted by molar-refractivity contribution is 7.82. The first-order valence-electron chi connectivity index (χ1n) is 14.3. The van der Waals surface area contributed by atoms with E-state index in [4.69, 9.17) is 11.6 Å². The van der Waals surface area contributed by atoms with Gasteiger partial charge in [-0.15, -0.1) is 0 Å². The van der Waals surface area contributed by atoms with Crippen LogP contribution in [0.2, 0.25) is 0 Å². The second-order valence-corrected chi connectivity index (χ2v) is 13.0. The summed E-state index contributed by atoms with van der Waals surface area (Å²) in [7, 11) is -1.26. The molecule has 2 unspecified atom stereocenters. The number of nitrogen functional groups attached to an aromatic ring is 1. The van der Waals surface area contributed by atoms with E-state index in [0.29, 0.717) is 18.5 Å². The third-order valence-electron chi connectivity index (χ3n) is 8.71. The van der Waals surface area contributed by atoms with Gasteiger partial charge in [0.2, 0.25) is 0 Å². The Bertz CT molecular complexity index is 1390. The molecule has 206 valence electrons. The molecule has 2 fully saturated rings. The fourth-order valence-corrected chi connectivity index (χ4v) is 7.42. The first-order valence-corrected chi connectivity index (χ1v) is 15.4. The minimum atomic E-state index is -1.26. The Morgan fingerprint density at radius 2 is 1.92 bits per heavy atom. The molecule has 0 radical (unpaired) electrons. The van der Waals surface area contributed by atoms with Crippen molar-refractivity contribution in [3.05, 3.63) is 76.5 Å². The van der Waals surface area contributed by atoms with Crippen LogP contribution in [0.25, 0.3) is 0 Å². The van der Waals surface area contributed by atoms with Gasteiger partial charge >= 0.3 is 0 Å². The molecule has 1 saturated carbocycles. The molecular weight excluding hydrogens is 504 g/mol. The number of benzene rings is 2. The molecule has 2 atom stereocenters. The van der Waals surface area contributed by atoms with E-state index in [0.717, 1.165) is 66.5 Å². The van der Waals surface area contributed by atoms with E-state index in [1.54, 1.807) is 0 Å². The number of anilines is 3. The van der Waals surface area contributed by atoms with Gasteiger partial charge in [0.25, 0.3) is 0 Å². The zero-order valence-corrected chi connectivity index (χ0v) is 23.9. The maximum Gasteiger partial charge on any atom is 0.146 e. The zero-order valence-electron chi connectivity index (χ0n) is 23.1. The Hall–Kier alpha value is -2.94. The van der Waals surface area contributed by atoms with E-state index in [2.05, 4.69) is 58.4 Å². The van der Waals surface area contributed by atoms with Gasteiger partial charge in [0.15, 0.2) is 0 Å². The van der Waals surface area contributed by atoms with Crippen molar-refractivity contribution in [2.75, 3.05) is 35.3 Å². The molecule has 4 N–H and O–H groups in total. The maximum atomic E-state index is 13.9. The quantitative estimate of drug-likeness (QED) is 0.251. The minimum absolute atomic E-state index is 0.341. The fraction of sp³-hybridized carbons (Fsp3) is 0.452. The lowest BCUT2D eigenvalue weighted by Gasteiger charge is -2.36. The van der Waals surface area contributed by atoms with Crippen LogP contribution >= 0.6 is 0 Å². The monoisotopic (exact) mass is 544 g/mol. The summed E-state index contributed by atoms with van der Waals surface area (Å²) in [6.07, 6.45) is 8.62. The molecule has 3 aliphatic rings. The van der Waals surface area contributed by atoms with E-state index in [9.17, 15) is 4.21 Å². The van der Waals surface area contributed by atoms with Crippen LogP contribution < -0.4 is 21.5 Å². The number of fused-ring (bicyclic) bond motifs is 3. The summed E-state index contributed by atoms with van der Waals surface area (Å²) in [5.41, 5.74) is 14.2. The van der Waals surface area contributed by atoms with Crippen LogP contribution in [0.15, 0.2) is 53.6 Å². The lowest BCUT2D eigenvalue weighted by molar-refractivity contribution is 0.356. The van der Waals surface area contributed by atoms with Gasteiger partial charge in [0.05, 0.1) is 16.3 Å². The number of rotatable bonds is 7. The molecule has 3 aromatic rings. The summed E-state index contributed by atoms with van der Waals surface area (Å²) in [5, 5.41) is 1.82. The number of piperidine rings is 1. The first kappa shape index (κ1) is 26.3. The van der Waals surface area contributed by atoms with Crippen molar-refractivity contribution in [2.24, 2.45) is 11.8 Å². The second-order valence-electron chi connectivity index (χ2n) is 11.6. The highest BCUT2D eigenvalue weighted by atomic mass is 32.2. The van der Waals surface area contributed by atoms with Gasteiger partial charge in [0, 0.05) is 38.4 Å². The van der Waals surface area contributed by atoms with Gasteiger partial charge < -0.3 is 15.6 Å². The van der Waals surface area contributed by atoms with Gasteiger partial charge in [0.1, 0.15) is 16.8 Å². The van der Waals surface area contributed by atoms with Crippen molar-refractivity contribution in [1.82, 2.24) is 9.29 Å². The number of pyridine rings is 1. The molecule has 2 aromatic carbocycles. The Morgan fingerprint density at radius 3 is 2.74 bits per heavy atom. The standard InChI is InChI=1S/C31H40N6OS/c1-21-8-9-24(16-25-12-13-28(30(32)22(25)2)37(33)18-23-10-11-23)17-26(21)19-35-20-27-6-3-4-15-36(27)31-29(39(35)38)7-5-14-34-31/h5,7-9,12-14,17,23,27H,3-4,6,10-11,15-16,18-20,32-33H2,1-2H3. The summed E-state index contributed by atoms with van der Waals surface area (Å²) >= 11 is 0. The van der Waals surface area contributed by atoms with Crippen molar-refractivity contribution >= 4 is 28.2 Å². The average Bonchev–Trinajstić information content (AvgIpc) is 3.77.